The van der Waals surface area contributed by atoms with Crippen molar-refractivity contribution >= 4 is 17.8 Å². The molecule has 276 valence electrons. The standard InChI is InChI=1S/C33H43F3N4O3.C2HF3O2/c1-31(2,3)24-14-22(15-25(18-24)32(4,5)6)23(17-29(41)42)16-27-19-28(40(39-27)20-33(34,35)36)43-13-11-26-10-9-21-8-7-12-37-30(21)38-26;3-2(4,5)1(6)7/h9-10,14-15,18-19,23H,7-8,11-13,16-17,20H2,1-6H3,(H,37,38)(H,41,42);(H,6,7). The van der Waals surface area contributed by atoms with Crippen molar-refractivity contribution in [1.82, 2.24) is 14.8 Å². The van der Waals surface area contributed by atoms with E-state index in [9.17, 15) is 36.2 Å². The summed E-state index contributed by atoms with van der Waals surface area (Å²) in [5.41, 5.74) is 4.91. The van der Waals surface area contributed by atoms with Crippen molar-refractivity contribution in [3.05, 3.63) is 70.0 Å². The van der Waals surface area contributed by atoms with Gasteiger partial charge in [-0.2, -0.15) is 31.4 Å². The fourth-order valence-electron chi connectivity index (χ4n) is 5.24. The third-order valence-electron chi connectivity index (χ3n) is 7.96. The first kappa shape index (κ1) is 40.1. The summed E-state index contributed by atoms with van der Waals surface area (Å²) in [6.45, 7) is 12.3. The summed E-state index contributed by atoms with van der Waals surface area (Å²) in [4.78, 5) is 25.5. The SMILES string of the molecule is CC(C)(C)c1cc(C(CC(=O)O)Cc2cc(OCCc3ccc4c(n3)NCCC4)n(CC(F)(F)F)n2)cc(C(C)(C)C)c1.O=C(O)C(F)(F)F. The van der Waals surface area contributed by atoms with Crippen molar-refractivity contribution in [3.8, 4) is 5.88 Å². The number of nitrogens with one attached hydrogen (secondary N) is 1. The maximum Gasteiger partial charge on any atom is 0.490 e. The molecule has 0 saturated heterocycles. The normalized spacial score (nSPS) is 14.2. The van der Waals surface area contributed by atoms with Crippen molar-refractivity contribution in [3.63, 3.8) is 0 Å². The number of hydrogen-bond acceptors (Lipinski definition) is 6. The van der Waals surface area contributed by atoms with Crippen molar-refractivity contribution in [2.45, 2.75) is 109 Å². The van der Waals surface area contributed by atoms with E-state index >= 15 is 0 Å². The Balaban J connectivity index is 0.000000872. The van der Waals surface area contributed by atoms with Gasteiger partial charge >= 0.3 is 24.3 Å². The number of anilines is 1. The Kier molecular flexibility index (Phi) is 12.6. The lowest BCUT2D eigenvalue weighted by Crippen LogP contribution is -2.21. The van der Waals surface area contributed by atoms with Gasteiger partial charge in [-0.3, -0.25) is 4.79 Å². The summed E-state index contributed by atoms with van der Waals surface area (Å²) in [6, 6.07) is 11.6. The molecular weight excluding hydrogens is 670 g/mol. The Morgan fingerprint density at radius 3 is 2.04 bits per heavy atom. The third kappa shape index (κ3) is 12.2. The number of fused-ring (bicyclic) bond motifs is 1. The second-order valence-corrected chi connectivity index (χ2v) is 14.3. The highest BCUT2D eigenvalue weighted by Gasteiger charge is 2.38. The highest BCUT2D eigenvalue weighted by molar-refractivity contribution is 5.73. The number of benzene rings is 1. The lowest BCUT2D eigenvalue weighted by molar-refractivity contribution is -0.192. The number of carboxylic acid groups (broad SMARTS) is 2. The number of carboxylic acids is 2. The molecule has 0 fully saturated rings. The van der Waals surface area contributed by atoms with Crippen LogP contribution in [-0.4, -0.2) is 62.4 Å². The molecule has 0 bridgehead atoms. The molecule has 3 heterocycles. The van der Waals surface area contributed by atoms with Crippen LogP contribution in [0.25, 0.3) is 0 Å². The Morgan fingerprint density at radius 2 is 1.52 bits per heavy atom. The number of rotatable bonds is 10. The minimum atomic E-state index is -5.08. The smallest absolute Gasteiger partial charge is 0.481 e. The number of pyridine rings is 1. The Hall–Kier alpha value is -4.30. The summed E-state index contributed by atoms with van der Waals surface area (Å²) < 4.78 is 78.8. The highest BCUT2D eigenvalue weighted by atomic mass is 19.4. The second kappa shape index (κ2) is 15.7. The van der Waals surface area contributed by atoms with Gasteiger partial charge in [0.2, 0.25) is 5.88 Å². The van der Waals surface area contributed by atoms with Crippen LogP contribution >= 0.6 is 0 Å². The minimum Gasteiger partial charge on any atom is -0.481 e. The summed E-state index contributed by atoms with van der Waals surface area (Å²) in [6.07, 6.45) is -7.18. The molecule has 50 heavy (non-hydrogen) atoms. The zero-order chi connectivity index (χ0) is 37.7. The number of ether oxygens (including phenoxy) is 1. The Bertz CT molecular complexity index is 1610. The van der Waals surface area contributed by atoms with Gasteiger partial charge in [0, 0.05) is 24.7 Å². The molecule has 1 aliphatic heterocycles. The molecule has 0 amide bonds. The van der Waals surface area contributed by atoms with Crippen molar-refractivity contribution in [2.24, 2.45) is 0 Å². The number of alkyl halides is 6. The second-order valence-electron chi connectivity index (χ2n) is 14.3. The van der Waals surface area contributed by atoms with Crippen LogP contribution in [0.4, 0.5) is 32.2 Å². The van der Waals surface area contributed by atoms with Crippen LogP contribution in [0.15, 0.2) is 36.4 Å². The zero-order valence-electron chi connectivity index (χ0n) is 28.9. The van der Waals surface area contributed by atoms with E-state index in [0.29, 0.717) is 12.1 Å². The van der Waals surface area contributed by atoms with Crippen LogP contribution in [0.3, 0.4) is 0 Å². The number of aromatic nitrogens is 3. The molecule has 0 radical (unpaired) electrons. The van der Waals surface area contributed by atoms with Crippen LogP contribution in [0.1, 0.15) is 93.9 Å². The number of aliphatic carboxylic acids is 2. The zero-order valence-corrected chi connectivity index (χ0v) is 28.9. The van der Waals surface area contributed by atoms with Crippen molar-refractivity contribution in [2.75, 3.05) is 18.5 Å². The maximum atomic E-state index is 13.5. The molecule has 15 heteroatoms. The van der Waals surface area contributed by atoms with Crippen LogP contribution < -0.4 is 10.1 Å². The first-order valence-electron chi connectivity index (χ1n) is 16.1. The molecule has 3 N–H and O–H groups in total. The van der Waals surface area contributed by atoms with Gasteiger partial charge in [-0.15, -0.1) is 0 Å². The molecule has 0 saturated carbocycles. The van der Waals surface area contributed by atoms with Gasteiger partial charge in [0.25, 0.3) is 0 Å². The number of halogens is 6. The molecule has 0 aliphatic carbocycles. The fraction of sp³-hybridized carbons (Fsp3) is 0.543. The van der Waals surface area contributed by atoms with E-state index in [1.165, 1.54) is 6.07 Å². The van der Waals surface area contributed by atoms with E-state index in [-0.39, 0.29) is 36.2 Å². The molecule has 2 aromatic heterocycles. The predicted molar refractivity (Wildman–Crippen MR) is 175 cm³/mol. The largest absolute Gasteiger partial charge is 0.490 e. The number of hydrogen-bond donors (Lipinski definition) is 3. The van der Waals surface area contributed by atoms with E-state index in [1.54, 1.807) is 0 Å². The lowest BCUT2D eigenvalue weighted by atomic mass is 9.77. The molecule has 1 aromatic carbocycles. The quantitative estimate of drug-likeness (QED) is 0.181. The molecule has 3 aromatic rings. The van der Waals surface area contributed by atoms with Crippen LogP contribution in [-0.2, 0) is 46.2 Å². The summed E-state index contributed by atoms with van der Waals surface area (Å²) >= 11 is 0. The van der Waals surface area contributed by atoms with Crippen molar-refractivity contribution in [1.29, 1.82) is 0 Å². The van der Waals surface area contributed by atoms with Gasteiger partial charge < -0.3 is 20.3 Å². The average molecular weight is 715 g/mol. The summed E-state index contributed by atoms with van der Waals surface area (Å²) in [5.74, 6) is -3.39. The summed E-state index contributed by atoms with van der Waals surface area (Å²) in [5, 5.41) is 24.4. The highest BCUT2D eigenvalue weighted by Crippen LogP contribution is 2.35. The van der Waals surface area contributed by atoms with Crippen LogP contribution in [0.5, 0.6) is 5.88 Å². The number of nitrogens with zero attached hydrogens (tertiary/aromatic N) is 3. The topological polar surface area (TPSA) is 127 Å². The maximum absolute atomic E-state index is 13.5. The predicted octanol–water partition coefficient (Wildman–Crippen LogP) is 7.85. The van der Waals surface area contributed by atoms with Gasteiger partial charge in [-0.05, 0) is 64.3 Å². The Labute approximate surface area is 287 Å². The first-order valence-corrected chi connectivity index (χ1v) is 16.1. The van der Waals surface area contributed by atoms with E-state index in [2.05, 4.69) is 63.0 Å². The minimum absolute atomic E-state index is 0.00342. The van der Waals surface area contributed by atoms with Gasteiger partial charge in [0.05, 0.1) is 18.7 Å². The van der Waals surface area contributed by atoms with Crippen LogP contribution in [0.2, 0.25) is 0 Å². The summed E-state index contributed by atoms with van der Waals surface area (Å²) in [7, 11) is 0. The molecular formula is C35H44F6N4O5. The molecule has 0 spiro atoms. The van der Waals surface area contributed by atoms with E-state index < -0.39 is 36.8 Å². The third-order valence-corrected chi connectivity index (χ3v) is 7.96. The molecule has 4 rings (SSSR count). The van der Waals surface area contributed by atoms with E-state index in [0.717, 1.165) is 57.8 Å². The van der Waals surface area contributed by atoms with Gasteiger partial charge in [-0.25, -0.2) is 14.5 Å². The van der Waals surface area contributed by atoms with E-state index in [4.69, 9.17) is 14.6 Å². The Morgan fingerprint density at radius 1 is 0.920 bits per heavy atom. The van der Waals surface area contributed by atoms with Gasteiger partial charge in [0.1, 0.15) is 12.4 Å². The van der Waals surface area contributed by atoms with Crippen molar-refractivity contribution < 1.29 is 50.9 Å². The molecule has 1 aliphatic rings. The van der Waals surface area contributed by atoms with Crippen LogP contribution in [0, 0.1) is 0 Å². The lowest BCUT2D eigenvalue weighted by Gasteiger charge is -2.28. The average Bonchev–Trinajstić information content (AvgIpc) is 3.34. The number of aryl methyl sites for hydroxylation is 1. The van der Waals surface area contributed by atoms with E-state index in [1.807, 2.05) is 24.3 Å². The van der Waals surface area contributed by atoms with Gasteiger partial charge in [-0.1, -0.05) is 65.8 Å². The number of carbonyl (C=O) groups is 2. The monoisotopic (exact) mass is 714 g/mol. The van der Waals surface area contributed by atoms with Gasteiger partial charge in [0.15, 0.2) is 0 Å². The first-order chi connectivity index (χ1) is 22.9. The molecule has 1 unspecified atom stereocenters. The molecule has 9 nitrogen and oxygen atoms in total. The fourth-order valence-corrected chi connectivity index (χ4v) is 5.24. The molecule has 1 atom stereocenters.